The predicted molar refractivity (Wildman–Crippen MR) is 92.5 cm³/mol. The summed E-state index contributed by atoms with van der Waals surface area (Å²) >= 11 is 2.85. The van der Waals surface area contributed by atoms with Crippen molar-refractivity contribution in [2.75, 3.05) is 0 Å². The molecule has 0 radical (unpaired) electrons. The van der Waals surface area contributed by atoms with Crippen molar-refractivity contribution in [3.05, 3.63) is 52.0 Å². The van der Waals surface area contributed by atoms with Crippen LogP contribution >= 0.6 is 23.1 Å². The molecule has 2 aliphatic rings. The molecule has 4 heterocycles. The number of hydrogen-bond acceptors (Lipinski definition) is 5. The number of amides is 1. The van der Waals surface area contributed by atoms with E-state index in [9.17, 15) is 9.59 Å². The standard InChI is InChI=1S/C16H9N3O3S2/c20-13-9(14-19(13)12(7-23-14)15(21)22)5-8-6-18-11-4-2-1-3-10(11)17-16(18)24-8/h1-7,14H,(H,21,22)/t14-/m1/s1. The van der Waals surface area contributed by atoms with Crippen LogP contribution < -0.4 is 0 Å². The molecule has 24 heavy (non-hydrogen) atoms. The molecule has 0 bridgehead atoms. The first-order chi connectivity index (χ1) is 11.6. The van der Waals surface area contributed by atoms with E-state index >= 15 is 0 Å². The maximum absolute atomic E-state index is 12.3. The number of imidazole rings is 1. The summed E-state index contributed by atoms with van der Waals surface area (Å²) < 4.78 is 2.01. The first-order valence-electron chi connectivity index (χ1n) is 7.14. The van der Waals surface area contributed by atoms with Gasteiger partial charge in [0.2, 0.25) is 0 Å². The summed E-state index contributed by atoms with van der Waals surface area (Å²) in [5, 5.41) is 10.4. The van der Waals surface area contributed by atoms with E-state index in [2.05, 4.69) is 4.98 Å². The van der Waals surface area contributed by atoms with E-state index in [0.29, 0.717) is 5.57 Å². The molecule has 1 saturated heterocycles. The smallest absolute Gasteiger partial charge is 0.353 e. The largest absolute Gasteiger partial charge is 0.477 e. The number of thioether (sulfide) groups is 1. The van der Waals surface area contributed by atoms with Gasteiger partial charge >= 0.3 is 5.97 Å². The SMILES string of the molecule is O=C(O)C1=CS[C@@H]2C(=Cc3cn4c(nc5ccccc54)s3)C(=O)N12. The summed E-state index contributed by atoms with van der Waals surface area (Å²) in [6, 6.07) is 7.89. The van der Waals surface area contributed by atoms with E-state index in [1.807, 2.05) is 40.9 Å². The van der Waals surface area contributed by atoms with E-state index in [1.54, 1.807) is 0 Å². The van der Waals surface area contributed by atoms with E-state index in [-0.39, 0.29) is 17.0 Å². The summed E-state index contributed by atoms with van der Waals surface area (Å²) in [6.45, 7) is 0. The lowest BCUT2D eigenvalue weighted by Gasteiger charge is -2.37. The lowest BCUT2D eigenvalue weighted by atomic mass is 10.0. The number of β-lactam (4-membered cyclic amide) rings is 1. The van der Waals surface area contributed by atoms with Gasteiger partial charge in [-0.15, -0.1) is 11.8 Å². The highest BCUT2D eigenvalue weighted by molar-refractivity contribution is 8.03. The molecular formula is C16H9N3O3S2. The number of hydrogen-bond donors (Lipinski definition) is 1. The highest BCUT2D eigenvalue weighted by Gasteiger charge is 2.49. The summed E-state index contributed by atoms with van der Waals surface area (Å²) in [5.41, 5.74) is 2.65. The second-order valence-electron chi connectivity index (χ2n) is 5.46. The predicted octanol–water partition coefficient (Wildman–Crippen LogP) is 2.77. The van der Waals surface area contributed by atoms with Crippen LogP contribution in [0.5, 0.6) is 0 Å². The molecule has 0 unspecified atom stereocenters. The number of nitrogens with zero attached hydrogens (tertiary/aromatic N) is 3. The van der Waals surface area contributed by atoms with E-state index in [1.165, 1.54) is 33.4 Å². The number of carbonyl (C=O) groups is 2. The number of aliphatic carboxylic acids is 1. The second-order valence-corrected chi connectivity index (χ2v) is 7.45. The van der Waals surface area contributed by atoms with Crippen LogP contribution in [0.4, 0.5) is 0 Å². The number of fused-ring (bicyclic) bond motifs is 4. The van der Waals surface area contributed by atoms with Gasteiger partial charge in [-0.25, -0.2) is 9.78 Å². The summed E-state index contributed by atoms with van der Waals surface area (Å²) in [5.74, 6) is -1.31. The van der Waals surface area contributed by atoms with Crippen molar-refractivity contribution in [2.24, 2.45) is 0 Å². The third kappa shape index (κ3) is 1.75. The summed E-state index contributed by atoms with van der Waals surface area (Å²) in [7, 11) is 0. The Labute approximate surface area is 143 Å². The maximum atomic E-state index is 12.3. The van der Waals surface area contributed by atoms with E-state index < -0.39 is 5.97 Å². The number of aromatic nitrogens is 2. The molecule has 6 nitrogen and oxygen atoms in total. The molecule has 3 aromatic rings. The molecule has 118 valence electrons. The van der Waals surface area contributed by atoms with Crippen LogP contribution in [0.2, 0.25) is 0 Å². The number of carboxylic acids is 1. The summed E-state index contributed by atoms with van der Waals surface area (Å²) in [4.78, 5) is 31.0. The molecule has 0 aliphatic carbocycles. The first-order valence-corrected chi connectivity index (χ1v) is 8.90. The monoisotopic (exact) mass is 355 g/mol. The van der Waals surface area contributed by atoms with Crippen molar-refractivity contribution in [1.29, 1.82) is 0 Å². The van der Waals surface area contributed by atoms with Crippen LogP contribution in [0.15, 0.2) is 47.1 Å². The third-order valence-electron chi connectivity index (χ3n) is 4.08. The molecule has 1 aromatic carbocycles. The minimum atomic E-state index is -1.07. The highest BCUT2D eigenvalue weighted by atomic mass is 32.2. The average molecular weight is 355 g/mol. The Morgan fingerprint density at radius 1 is 1.33 bits per heavy atom. The van der Waals surface area contributed by atoms with Gasteiger partial charge in [-0.1, -0.05) is 23.5 Å². The maximum Gasteiger partial charge on any atom is 0.353 e. The first kappa shape index (κ1) is 13.8. The molecule has 0 spiro atoms. The van der Waals surface area contributed by atoms with Crippen LogP contribution in [-0.4, -0.2) is 36.6 Å². The van der Waals surface area contributed by atoms with Gasteiger partial charge in [0.05, 0.1) is 16.6 Å². The van der Waals surface area contributed by atoms with Gasteiger partial charge in [0, 0.05) is 16.5 Å². The fourth-order valence-corrected chi connectivity index (χ4v) is 5.03. The normalized spacial score (nSPS) is 21.4. The van der Waals surface area contributed by atoms with Crippen molar-refractivity contribution in [2.45, 2.75) is 5.37 Å². The Balaban J connectivity index is 1.52. The van der Waals surface area contributed by atoms with E-state index in [0.717, 1.165) is 20.9 Å². The third-order valence-corrected chi connectivity index (χ3v) is 6.09. The Morgan fingerprint density at radius 2 is 2.17 bits per heavy atom. The zero-order valence-electron chi connectivity index (χ0n) is 12.0. The van der Waals surface area contributed by atoms with Gasteiger partial charge in [-0.3, -0.25) is 14.1 Å². The molecule has 5 rings (SSSR count). The van der Waals surface area contributed by atoms with Crippen molar-refractivity contribution in [3.8, 4) is 0 Å². The van der Waals surface area contributed by atoms with Gasteiger partial charge in [0.25, 0.3) is 5.91 Å². The minimum Gasteiger partial charge on any atom is -0.477 e. The van der Waals surface area contributed by atoms with Crippen LogP contribution in [0.3, 0.4) is 0 Å². The zero-order valence-corrected chi connectivity index (χ0v) is 13.7. The Kier molecular flexibility index (Phi) is 2.71. The second kappa shape index (κ2) is 4.71. The fourth-order valence-electron chi connectivity index (χ4n) is 2.96. The van der Waals surface area contributed by atoms with Gasteiger partial charge in [0.15, 0.2) is 4.96 Å². The topological polar surface area (TPSA) is 74.9 Å². The fraction of sp³-hybridized carbons (Fsp3) is 0.0625. The highest BCUT2D eigenvalue weighted by Crippen LogP contribution is 2.45. The molecule has 1 fully saturated rings. The molecule has 1 N–H and O–H groups in total. The summed E-state index contributed by atoms with van der Waals surface area (Å²) in [6.07, 6.45) is 3.80. The Hall–Kier alpha value is -2.58. The van der Waals surface area contributed by atoms with Crippen LogP contribution in [0.1, 0.15) is 4.88 Å². The molecule has 1 atom stereocenters. The average Bonchev–Trinajstić information content (AvgIpc) is 3.22. The molecule has 1 amide bonds. The minimum absolute atomic E-state index is 0.0547. The lowest BCUT2D eigenvalue weighted by Crippen LogP contribution is -2.51. The van der Waals surface area contributed by atoms with Gasteiger partial charge in [-0.2, -0.15) is 0 Å². The van der Waals surface area contributed by atoms with Crippen molar-refractivity contribution >= 4 is 57.0 Å². The number of para-hydroxylation sites is 2. The molecule has 2 aromatic heterocycles. The number of thiazole rings is 1. The Bertz CT molecular complexity index is 1110. The number of rotatable bonds is 2. The number of carbonyl (C=O) groups excluding carboxylic acids is 1. The van der Waals surface area contributed by atoms with Crippen molar-refractivity contribution < 1.29 is 14.7 Å². The quantitative estimate of drug-likeness (QED) is 0.565. The van der Waals surface area contributed by atoms with Crippen LogP contribution in [0.25, 0.3) is 22.1 Å². The van der Waals surface area contributed by atoms with Crippen LogP contribution in [0, 0.1) is 0 Å². The lowest BCUT2D eigenvalue weighted by molar-refractivity contribution is -0.141. The number of benzene rings is 1. The van der Waals surface area contributed by atoms with Gasteiger partial charge < -0.3 is 5.11 Å². The Morgan fingerprint density at radius 3 is 3.00 bits per heavy atom. The molecule has 0 saturated carbocycles. The van der Waals surface area contributed by atoms with Crippen LogP contribution in [-0.2, 0) is 9.59 Å². The molecular weight excluding hydrogens is 346 g/mol. The number of carboxylic acid groups (broad SMARTS) is 1. The van der Waals surface area contributed by atoms with E-state index in [4.69, 9.17) is 5.11 Å². The van der Waals surface area contributed by atoms with Gasteiger partial charge in [0.1, 0.15) is 11.1 Å². The van der Waals surface area contributed by atoms with Crippen molar-refractivity contribution in [3.63, 3.8) is 0 Å². The zero-order chi connectivity index (χ0) is 16.4. The van der Waals surface area contributed by atoms with Crippen molar-refractivity contribution in [1.82, 2.24) is 14.3 Å². The van der Waals surface area contributed by atoms with Gasteiger partial charge in [-0.05, 0) is 18.2 Å². The molecule has 8 heteroatoms. The molecule has 2 aliphatic heterocycles.